The highest BCUT2D eigenvalue weighted by Crippen LogP contribution is 2.41. The van der Waals surface area contributed by atoms with Gasteiger partial charge in [-0.25, -0.2) is 8.42 Å². The predicted octanol–water partition coefficient (Wildman–Crippen LogP) is 5.95. The fourth-order valence-corrected chi connectivity index (χ4v) is 6.78. The van der Waals surface area contributed by atoms with Crippen molar-refractivity contribution in [2.24, 2.45) is 0 Å². The van der Waals surface area contributed by atoms with Gasteiger partial charge in [-0.2, -0.15) is 4.31 Å². The van der Waals surface area contributed by atoms with E-state index in [4.69, 9.17) is 30.5 Å². The van der Waals surface area contributed by atoms with E-state index in [1.165, 1.54) is 30.7 Å². The lowest BCUT2D eigenvalue weighted by Crippen LogP contribution is -2.40. The Kier molecular flexibility index (Phi) is 9.80. The van der Waals surface area contributed by atoms with Crippen molar-refractivity contribution in [3.8, 4) is 23.0 Å². The molecule has 0 saturated heterocycles. The van der Waals surface area contributed by atoms with Gasteiger partial charge in [0, 0.05) is 36.2 Å². The van der Waals surface area contributed by atoms with Gasteiger partial charge in [0.2, 0.25) is 10.0 Å². The van der Waals surface area contributed by atoms with Crippen molar-refractivity contribution >= 4 is 33.6 Å². The topological polar surface area (TPSA) is 135 Å². The molecule has 0 N–H and O–H groups in total. The fourth-order valence-electron chi connectivity index (χ4n) is 5.18. The van der Waals surface area contributed by atoms with Gasteiger partial charge in [0.1, 0.15) is 30.1 Å². The second-order valence-corrected chi connectivity index (χ2v) is 13.0. The van der Waals surface area contributed by atoms with E-state index in [0.717, 1.165) is 12.4 Å². The minimum atomic E-state index is -4.27. The van der Waals surface area contributed by atoms with Crippen LogP contribution in [0.4, 0.5) is 5.69 Å². The third kappa shape index (κ3) is 6.94. The molecule has 0 amide bonds. The van der Waals surface area contributed by atoms with Gasteiger partial charge in [0.05, 0.1) is 36.1 Å². The van der Waals surface area contributed by atoms with Gasteiger partial charge < -0.3 is 23.7 Å². The van der Waals surface area contributed by atoms with Crippen molar-refractivity contribution in [2.45, 2.75) is 29.8 Å². The lowest BCUT2D eigenvalue weighted by molar-refractivity contribution is -0.386. The largest absolute Gasteiger partial charge is 0.497 e. The van der Waals surface area contributed by atoms with Crippen LogP contribution in [0, 0.1) is 10.1 Å². The molecule has 0 fully saturated rings. The molecule has 0 aliphatic carbocycles. The molecule has 0 saturated carbocycles. The number of methoxy groups -OCH3 is 2. The number of sulfonamides is 1. The molecule has 5 rings (SSSR count). The van der Waals surface area contributed by atoms with E-state index in [1.54, 1.807) is 66.7 Å². The van der Waals surface area contributed by atoms with Gasteiger partial charge in [-0.3, -0.25) is 10.1 Å². The minimum absolute atomic E-state index is 0.0161. The number of aldehydes is 1. The Labute approximate surface area is 271 Å². The molecule has 4 aromatic rings. The molecule has 4 aromatic carbocycles. The molecule has 0 spiro atoms. The van der Waals surface area contributed by atoms with Gasteiger partial charge in [-0.05, 0) is 59.7 Å². The van der Waals surface area contributed by atoms with Crippen molar-refractivity contribution < 1.29 is 37.1 Å². The number of rotatable bonds is 13. The summed E-state index contributed by atoms with van der Waals surface area (Å²) in [6.07, 6.45) is 1.01. The van der Waals surface area contributed by atoms with Crippen LogP contribution in [0.3, 0.4) is 0 Å². The Morgan fingerprint density at radius 1 is 0.935 bits per heavy atom. The molecule has 1 aliphatic heterocycles. The van der Waals surface area contributed by atoms with E-state index in [-0.39, 0.29) is 43.4 Å². The number of carbonyl (C=O) groups is 1. The standard InChI is InChI=1S/C33H31ClN2O9S/c1-42-26-8-3-23(4-9-26)19-35(20-24-5-10-27(43-2)11-6-24)46(40,41)28-12-14-31(30(18-28)36(38)39)45-22-33(21-37)15-16-44-32-17-25(34)7-13-29(32)33/h3-14,17-18,21H,15-16,19-20,22H2,1-2H3. The van der Waals surface area contributed by atoms with Crippen molar-refractivity contribution in [1.82, 2.24) is 4.31 Å². The number of nitrogens with zero attached hydrogens (tertiary/aromatic N) is 2. The summed E-state index contributed by atoms with van der Waals surface area (Å²) in [5.41, 5.74) is 0.214. The maximum Gasteiger partial charge on any atom is 0.312 e. The summed E-state index contributed by atoms with van der Waals surface area (Å²) < 4.78 is 51.4. The van der Waals surface area contributed by atoms with Crippen LogP contribution in [0.1, 0.15) is 23.1 Å². The summed E-state index contributed by atoms with van der Waals surface area (Å²) in [4.78, 5) is 23.6. The minimum Gasteiger partial charge on any atom is -0.497 e. The summed E-state index contributed by atoms with van der Waals surface area (Å²) >= 11 is 6.09. The summed E-state index contributed by atoms with van der Waals surface area (Å²) in [6.45, 7) is -0.0506. The number of nitro benzene ring substituents is 1. The summed E-state index contributed by atoms with van der Waals surface area (Å²) in [5.74, 6) is 1.48. The number of benzene rings is 4. The van der Waals surface area contributed by atoms with Crippen molar-refractivity contribution in [3.63, 3.8) is 0 Å². The van der Waals surface area contributed by atoms with E-state index in [9.17, 15) is 23.3 Å². The molecule has 13 heteroatoms. The Balaban J connectivity index is 1.46. The van der Waals surface area contributed by atoms with E-state index in [1.807, 2.05) is 0 Å². The number of ether oxygens (including phenoxy) is 4. The summed E-state index contributed by atoms with van der Waals surface area (Å²) in [7, 11) is -1.20. The quantitative estimate of drug-likeness (QED) is 0.0963. The number of halogens is 1. The Morgan fingerprint density at radius 2 is 1.54 bits per heavy atom. The summed E-state index contributed by atoms with van der Waals surface area (Å²) in [5, 5.41) is 12.6. The molecule has 240 valence electrons. The molecule has 0 radical (unpaired) electrons. The average Bonchev–Trinajstić information content (AvgIpc) is 3.07. The fraction of sp³-hybridized carbons (Fsp3) is 0.242. The normalized spacial score (nSPS) is 15.8. The molecule has 46 heavy (non-hydrogen) atoms. The van der Waals surface area contributed by atoms with Crippen LogP contribution < -0.4 is 18.9 Å². The lowest BCUT2D eigenvalue weighted by atomic mass is 9.78. The first-order chi connectivity index (χ1) is 22.1. The first-order valence-corrected chi connectivity index (χ1v) is 16.0. The van der Waals surface area contributed by atoms with Gasteiger partial charge in [0.25, 0.3) is 0 Å². The highest BCUT2D eigenvalue weighted by Gasteiger charge is 2.40. The third-order valence-electron chi connectivity index (χ3n) is 7.80. The molecule has 1 atom stereocenters. The molecule has 1 unspecified atom stereocenters. The van der Waals surface area contributed by atoms with Crippen LogP contribution in [0.25, 0.3) is 0 Å². The smallest absolute Gasteiger partial charge is 0.312 e. The molecular weight excluding hydrogens is 636 g/mol. The van der Waals surface area contributed by atoms with E-state index in [0.29, 0.717) is 39.0 Å². The summed E-state index contributed by atoms with van der Waals surface area (Å²) in [6, 6.07) is 22.3. The van der Waals surface area contributed by atoms with Gasteiger partial charge in [-0.15, -0.1) is 0 Å². The van der Waals surface area contributed by atoms with Crippen molar-refractivity contribution in [3.05, 3.63) is 117 Å². The highest BCUT2D eigenvalue weighted by atomic mass is 35.5. The van der Waals surface area contributed by atoms with Crippen LogP contribution in [-0.2, 0) is 33.3 Å². The number of nitro groups is 1. The zero-order chi connectivity index (χ0) is 32.9. The van der Waals surface area contributed by atoms with E-state index < -0.39 is 26.0 Å². The number of carbonyl (C=O) groups excluding carboxylic acids is 1. The first-order valence-electron chi connectivity index (χ1n) is 14.1. The maximum absolute atomic E-state index is 14.1. The zero-order valence-corrected chi connectivity index (χ0v) is 26.6. The molecular formula is C33H31ClN2O9S. The maximum atomic E-state index is 14.1. The van der Waals surface area contributed by atoms with E-state index in [2.05, 4.69) is 0 Å². The third-order valence-corrected chi connectivity index (χ3v) is 9.82. The van der Waals surface area contributed by atoms with Crippen LogP contribution in [0.5, 0.6) is 23.0 Å². The van der Waals surface area contributed by atoms with Crippen LogP contribution in [-0.4, -0.2) is 51.4 Å². The zero-order valence-electron chi connectivity index (χ0n) is 25.1. The molecule has 0 aromatic heterocycles. The molecule has 1 aliphatic rings. The monoisotopic (exact) mass is 666 g/mol. The Morgan fingerprint density at radius 3 is 2.09 bits per heavy atom. The van der Waals surface area contributed by atoms with Gasteiger partial charge >= 0.3 is 5.69 Å². The van der Waals surface area contributed by atoms with Crippen LogP contribution >= 0.6 is 11.6 Å². The average molecular weight is 667 g/mol. The Bertz CT molecular complexity index is 1780. The van der Waals surface area contributed by atoms with Crippen LogP contribution in [0.15, 0.2) is 89.8 Å². The van der Waals surface area contributed by atoms with Crippen molar-refractivity contribution in [1.29, 1.82) is 0 Å². The first kappa shape index (κ1) is 32.7. The highest BCUT2D eigenvalue weighted by molar-refractivity contribution is 7.89. The molecule has 1 heterocycles. The predicted molar refractivity (Wildman–Crippen MR) is 170 cm³/mol. The molecule has 11 nitrogen and oxygen atoms in total. The second kappa shape index (κ2) is 13.8. The SMILES string of the molecule is COc1ccc(CN(Cc2ccc(OC)cc2)S(=O)(=O)c2ccc(OCC3(C=O)CCOc4cc(Cl)ccc43)c([N+](=O)[O-])c2)cc1. The van der Waals surface area contributed by atoms with E-state index >= 15 is 0 Å². The number of fused-ring (bicyclic) bond motifs is 1. The van der Waals surface area contributed by atoms with Gasteiger partial charge in [0.15, 0.2) is 5.75 Å². The van der Waals surface area contributed by atoms with Crippen molar-refractivity contribution in [2.75, 3.05) is 27.4 Å². The number of hydrogen-bond acceptors (Lipinski definition) is 9. The second-order valence-electron chi connectivity index (χ2n) is 10.7. The number of hydrogen-bond donors (Lipinski definition) is 0. The Hall–Kier alpha value is -4.65. The van der Waals surface area contributed by atoms with Gasteiger partial charge in [-0.1, -0.05) is 41.9 Å². The van der Waals surface area contributed by atoms with Crippen LogP contribution in [0.2, 0.25) is 5.02 Å². The lowest BCUT2D eigenvalue weighted by Gasteiger charge is -2.34. The molecule has 0 bridgehead atoms.